The lowest BCUT2D eigenvalue weighted by atomic mass is 9.98. The quantitative estimate of drug-likeness (QED) is 0.836. The van der Waals surface area contributed by atoms with Crippen LogP contribution < -0.4 is 4.90 Å². The van der Waals surface area contributed by atoms with Crippen molar-refractivity contribution in [3.05, 3.63) is 64.7 Å². The monoisotopic (exact) mass is 348 g/mol. The van der Waals surface area contributed by atoms with Crippen LogP contribution in [0.5, 0.6) is 0 Å². The standard InChI is InChI=1S/C22H24N2O2/c1-15-9-16(2)11-20(10-15)24-14-19(12-21(24)25)22(26)23-8-7-17-5-3-4-6-18(17)13-23/h3-6,9-11,19H,7-8,12-14H2,1-2H3. The van der Waals surface area contributed by atoms with Crippen molar-refractivity contribution in [2.45, 2.75) is 33.2 Å². The second-order valence-corrected chi connectivity index (χ2v) is 7.53. The van der Waals surface area contributed by atoms with Crippen LogP contribution in [-0.4, -0.2) is 29.8 Å². The lowest BCUT2D eigenvalue weighted by Gasteiger charge is -2.30. The first-order valence-electron chi connectivity index (χ1n) is 9.25. The Morgan fingerprint density at radius 2 is 1.73 bits per heavy atom. The number of amides is 2. The van der Waals surface area contributed by atoms with Crippen molar-refractivity contribution in [2.24, 2.45) is 5.92 Å². The minimum Gasteiger partial charge on any atom is -0.338 e. The number of benzene rings is 2. The van der Waals surface area contributed by atoms with Crippen LogP contribution >= 0.6 is 0 Å². The van der Waals surface area contributed by atoms with Gasteiger partial charge in [0.15, 0.2) is 0 Å². The van der Waals surface area contributed by atoms with Gasteiger partial charge in [-0.2, -0.15) is 0 Å². The lowest BCUT2D eigenvalue weighted by molar-refractivity contribution is -0.136. The first kappa shape index (κ1) is 16.8. The van der Waals surface area contributed by atoms with E-state index in [1.165, 1.54) is 11.1 Å². The van der Waals surface area contributed by atoms with Crippen LogP contribution in [0.15, 0.2) is 42.5 Å². The van der Waals surface area contributed by atoms with Crippen molar-refractivity contribution in [3.63, 3.8) is 0 Å². The largest absolute Gasteiger partial charge is 0.338 e. The lowest BCUT2D eigenvalue weighted by Crippen LogP contribution is -2.40. The molecule has 1 fully saturated rings. The molecule has 1 saturated heterocycles. The maximum atomic E-state index is 13.0. The summed E-state index contributed by atoms with van der Waals surface area (Å²) >= 11 is 0. The van der Waals surface area contributed by atoms with Crippen molar-refractivity contribution < 1.29 is 9.59 Å². The van der Waals surface area contributed by atoms with Gasteiger partial charge in [-0.3, -0.25) is 9.59 Å². The third-order valence-electron chi connectivity index (χ3n) is 5.43. The van der Waals surface area contributed by atoms with Crippen LogP contribution in [0.4, 0.5) is 5.69 Å². The first-order chi connectivity index (χ1) is 12.5. The summed E-state index contributed by atoms with van der Waals surface area (Å²) in [6, 6.07) is 14.4. The Morgan fingerprint density at radius 1 is 1.04 bits per heavy atom. The second-order valence-electron chi connectivity index (χ2n) is 7.53. The molecule has 4 rings (SSSR count). The Kier molecular flexibility index (Phi) is 4.27. The third-order valence-corrected chi connectivity index (χ3v) is 5.43. The second kappa shape index (κ2) is 6.60. The van der Waals surface area contributed by atoms with Gasteiger partial charge in [-0.05, 0) is 54.7 Å². The Hall–Kier alpha value is -2.62. The minimum absolute atomic E-state index is 0.0470. The van der Waals surface area contributed by atoms with E-state index in [1.807, 2.05) is 43.0 Å². The smallest absolute Gasteiger partial charge is 0.228 e. The molecule has 0 aromatic heterocycles. The number of aryl methyl sites for hydroxylation is 2. The average Bonchev–Trinajstić information content (AvgIpc) is 3.01. The van der Waals surface area contributed by atoms with Gasteiger partial charge in [-0.25, -0.2) is 0 Å². The molecule has 2 aliphatic rings. The van der Waals surface area contributed by atoms with E-state index in [-0.39, 0.29) is 17.7 Å². The molecule has 0 aliphatic carbocycles. The molecule has 1 atom stereocenters. The van der Waals surface area contributed by atoms with E-state index < -0.39 is 0 Å². The molecule has 2 aromatic rings. The number of anilines is 1. The summed E-state index contributed by atoms with van der Waals surface area (Å²) in [5, 5.41) is 0. The van der Waals surface area contributed by atoms with Crippen molar-refractivity contribution in [1.82, 2.24) is 4.90 Å². The van der Waals surface area contributed by atoms with Gasteiger partial charge in [0, 0.05) is 31.7 Å². The normalized spacial score (nSPS) is 19.6. The summed E-state index contributed by atoms with van der Waals surface area (Å²) in [5.41, 5.74) is 5.73. The zero-order chi connectivity index (χ0) is 18.3. The molecule has 4 nitrogen and oxygen atoms in total. The number of fused-ring (bicyclic) bond motifs is 1. The SMILES string of the molecule is Cc1cc(C)cc(N2CC(C(=O)N3CCc4ccccc4C3)CC2=O)c1. The van der Waals surface area contributed by atoms with E-state index in [1.54, 1.807) is 4.90 Å². The molecule has 26 heavy (non-hydrogen) atoms. The summed E-state index contributed by atoms with van der Waals surface area (Å²) in [7, 11) is 0. The van der Waals surface area contributed by atoms with Crippen molar-refractivity contribution in [3.8, 4) is 0 Å². The molecule has 2 aliphatic heterocycles. The fourth-order valence-electron chi connectivity index (χ4n) is 4.17. The van der Waals surface area contributed by atoms with Gasteiger partial charge in [0.2, 0.25) is 11.8 Å². The summed E-state index contributed by atoms with van der Waals surface area (Å²) < 4.78 is 0. The molecule has 0 bridgehead atoms. The Labute approximate surface area is 154 Å². The highest BCUT2D eigenvalue weighted by molar-refractivity contribution is 6.00. The first-order valence-corrected chi connectivity index (χ1v) is 9.25. The number of nitrogens with zero attached hydrogens (tertiary/aromatic N) is 2. The van der Waals surface area contributed by atoms with E-state index >= 15 is 0 Å². The summed E-state index contributed by atoms with van der Waals surface area (Å²) in [6.45, 7) is 5.95. The fraction of sp³-hybridized carbons (Fsp3) is 0.364. The molecule has 0 radical (unpaired) electrons. The Balaban J connectivity index is 1.49. The Morgan fingerprint density at radius 3 is 2.46 bits per heavy atom. The fourth-order valence-corrected chi connectivity index (χ4v) is 4.17. The molecule has 4 heteroatoms. The van der Waals surface area contributed by atoms with E-state index in [2.05, 4.69) is 18.2 Å². The number of rotatable bonds is 2. The summed E-state index contributed by atoms with van der Waals surface area (Å²) in [6.07, 6.45) is 1.20. The predicted octanol–water partition coefficient (Wildman–Crippen LogP) is 3.24. The minimum atomic E-state index is -0.242. The van der Waals surface area contributed by atoms with Crippen LogP contribution in [0.1, 0.15) is 28.7 Å². The topological polar surface area (TPSA) is 40.6 Å². The number of hydrogen-bond acceptors (Lipinski definition) is 2. The molecule has 0 saturated carbocycles. The van der Waals surface area contributed by atoms with Gasteiger partial charge in [0.1, 0.15) is 0 Å². The highest BCUT2D eigenvalue weighted by Crippen LogP contribution is 2.29. The van der Waals surface area contributed by atoms with Gasteiger partial charge >= 0.3 is 0 Å². The molecule has 1 unspecified atom stereocenters. The molecular weight excluding hydrogens is 324 g/mol. The molecule has 2 heterocycles. The van der Waals surface area contributed by atoms with E-state index in [9.17, 15) is 9.59 Å². The zero-order valence-corrected chi connectivity index (χ0v) is 15.4. The van der Waals surface area contributed by atoms with Gasteiger partial charge in [0.05, 0.1) is 5.92 Å². The maximum Gasteiger partial charge on any atom is 0.228 e. The van der Waals surface area contributed by atoms with E-state index in [0.717, 1.165) is 29.8 Å². The van der Waals surface area contributed by atoms with E-state index in [4.69, 9.17) is 0 Å². The Bertz CT molecular complexity index is 854. The van der Waals surface area contributed by atoms with Crippen LogP contribution in [0.25, 0.3) is 0 Å². The maximum absolute atomic E-state index is 13.0. The van der Waals surface area contributed by atoms with Crippen molar-refractivity contribution >= 4 is 17.5 Å². The molecule has 2 aromatic carbocycles. The zero-order valence-electron chi connectivity index (χ0n) is 15.4. The van der Waals surface area contributed by atoms with Gasteiger partial charge in [-0.1, -0.05) is 30.3 Å². The highest BCUT2D eigenvalue weighted by atomic mass is 16.2. The summed E-state index contributed by atoms with van der Waals surface area (Å²) in [4.78, 5) is 29.3. The number of carbonyl (C=O) groups is 2. The molecular formula is C22H24N2O2. The molecule has 0 N–H and O–H groups in total. The van der Waals surface area contributed by atoms with Gasteiger partial charge < -0.3 is 9.80 Å². The van der Waals surface area contributed by atoms with Crippen molar-refractivity contribution in [1.29, 1.82) is 0 Å². The van der Waals surface area contributed by atoms with E-state index in [0.29, 0.717) is 19.5 Å². The van der Waals surface area contributed by atoms with Crippen molar-refractivity contribution in [2.75, 3.05) is 18.0 Å². The number of hydrogen-bond donors (Lipinski definition) is 0. The molecule has 0 spiro atoms. The molecule has 2 amide bonds. The molecule has 134 valence electrons. The predicted molar refractivity (Wildman–Crippen MR) is 102 cm³/mol. The van der Waals surface area contributed by atoms with Crippen LogP contribution in [-0.2, 0) is 22.6 Å². The summed E-state index contributed by atoms with van der Waals surface area (Å²) in [5.74, 6) is -0.0842. The van der Waals surface area contributed by atoms with Gasteiger partial charge in [-0.15, -0.1) is 0 Å². The number of carbonyl (C=O) groups excluding carboxylic acids is 2. The van der Waals surface area contributed by atoms with Crippen LogP contribution in [0.3, 0.4) is 0 Å². The van der Waals surface area contributed by atoms with Crippen LogP contribution in [0, 0.1) is 19.8 Å². The highest BCUT2D eigenvalue weighted by Gasteiger charge is 2.37. The average molecular weight is 348 g/mol. The van der Waals surface area contributed by atoms with Crippen LogP contribution in [0.2, 0.25) is 0 Å². The third kappa shape index (κ3) is 3.12. The van der Waals surface area contributed by atoms with Gasteiger partial charge in [0.25, 0.3) is 0 Å².